The van der Waals surface area contributed by atoms with Gasteiger partial charge >= 0.3 is 12.1 Å². The molecule has 13 heavy (non-hydrogen) atoms. The predicted molar refractivity (Wildman–Crippen MR) is 50.9 cm³/mol. The van der Waals surface area contributed by atoms with Crippen molar-refractivity contribution in [2.45, 2.75) is 0 Å². The third-order valence-corrected chi connectivity index (χ3v) is 1.59. The normalized spacial score (nSPS) is 10.5. The molecule has 0 aromatic heterocycles. The van der Waals surface area contributed by atoms with Crippen LogP contribution in [0, 0.1) is 0 Å². The Labute approximate surface area is 80.1 Å². The van der Waals surface area contributed by atoms with Gasteiger partial charge in [0, 0.05) is 7.05 Å². The molecule has 0 aliphatic heterocycles. The van der Waals surface area contributed by atoms with Gasteiger partial charge in [-0.3, -0.25) is 5.32 Å². The average molecular weight is 205 g/mol. The van der Waals surface area contributed by atoms with Crippen molar-refractivity contribution in [3.05, 3.63) is 0 Å². The molecule has 0 heterocycles. The summed E-state index contributed by atoms with van der Waals surface area (Å²) in [5.74, 6) is 0. The largest absolute Gasteiger partial charge is 0.451 e. The fourth-order valence-corrected chi connectivity index (χ4v) is 0.773. The number of nitrogens with one attached hydrogen (secondary N) is 2. The number of ether oxygens (including phenoxy) is 1. The first-order valence-electron chi connectivity index (χ1n) is 3.33. The maximum absolute atomic E-state index is 10.8. The zero-order valence-electron chi connectivity index (χ0n) is 7.58. The van der Waals surface area contributed by atoms with Gasteiger partial charge in [-0.25, -0.2) is 9.59 Å². The lowest BCUT2D eigenvalue weighted by Crippen LogP contribution is -2.36. The van der Waals surface area contributed by atoms with Crippen LogP contribution in [-0.2, 0) is 4.74 Å². The molecule has 0 aromatic carbocycles. The predicted octanol–water partition coefficient (Wildman–Crippen LogP) is 0.401. The van der Waals surface area contributed by atoms with Crippen molar-refractivity contribution in [2.24, 2.45) is 4.99 Å². The highest BCUT2D eigenvalue weighted by atomic mass is 32.2. The van der Waals surface area contributed by atoms with E-state index in [-0.39, 0.29) is 5.17 Å². The standard InChI is InChI=1S/C6H11N3O3S/c1-7-4(10)8-5(13-3)9-6(11)12-2/h1-3H3,(H2,7,8,9,10,11). The summed E-state index contributed by atoms with van der Waals surface area (Å²) in [6, 6.07) is -0.433. The third kappa shape index (κ3) is 5.07. The van der Waals surface area contributed by atoms with Crippen molar-refractivity contribution in [3.8, 4) is 0 Å². The van der Waals surface area contributed by atoms with Gasteiger partial charge in [-0.05, 0) is 6.26 Å². The molecule has 0 bridgehead atoms. The van der Waals surface area contributed by atoms with Crippen molar-refractivity contribution in [3.63, 3.8) is 0 Å². The summed E-state index contributed by atoms with van der Waals surface area (Å²) in [5.41, 5.74) is 0. The molecule has 0 radical (unpaired) electrons. The van der Waals surface area contributed by atoms with Crippen molar-refractivity contribution in [1.29, 1.82) is 0 Å². The van der Waals surface area contributed by atoms with Gasteiger partial charge in [-0.2, -0.15) is 4.99 Å². The lowest BCUT2D eigenvalue weighted by Gasteiger charge is -2.03. The summed E-state index contributed by atoms with van der Waals surface area (Å²) < 4.78 is 4.29. The second kappa shape index (κ2) is 6.30. The second-order valence-corrected chi connectivity index (χ2v) is 2.59. The van der Waals surface area contributed by atoms with Crippen LogP contribution in [0.3, 0.4) is 0 Å². The van der Waals surface area contributed by atoms with Crippen LogP contribution in [0.5, 0.6) is 0 Å². The molecular formula is C6H11N3O3S. The lowest BCUT2D eigenvalue weighted by molar-refractivity contribution is 0.182. The van der Waals surface area contributed by atoms with E-state index in [4.69, 9.17) is 0 Å². The molecule has 0 saturated heterocycles. The van der Waals surface area contributed by atoms with E-state index in [1.807, 2.05) is 0 Å². The number of methoxy groups -OCH3 is 1. The number of aliphatic imine (C=N–C) groups is 1. The summed E-state index contributed by atoms with van der Waals surface area (Å²) in [4.78, 5) is 24.9. The number of hydrogen-bond acceptors (Lipinski definition) is 4. The Morgan fingerprint density at radius 3 is 2.46 bits per heavy atom. The molecular weight excluding hydrogens is 194 g/mol. The highest BCUT2D eigenvalue weighted by Gasteiger charge is 2.04. The number of carbonyl (C=O) groups is 2. The number of rotatable bonds is 0. The van der Waals surface area contributed by atoms with Gasteiger partial charge in [0.05, 0.1) is 7.11 Å². The van der Waals surface area contributed by atoms with E-state index in [0.717, 1.165) is 11.8 Å². The number of thioether (sulfide) groups is 1. The molecule has 74 valence electrons. The van der Waals surface area contributed by atoms with Crippen molar-refractivity contribution in [1.82, 2.24) is 10.6 Å². The van der Waals surface area contributed by atoms with Gasteiger partial charge in [-0.1, -0.05) is 11.8 Å². The zero-order chi connectivity index (χ0) is 10.3. The molecule has 6 nitrogen and oxygen atoms in total. The van der Waals surface area contributed by atoms with Gasteiger partial charge in [0.2, 0.25) is 0 Å². The Bertz CT molecular complexity index is 229. The first-order chi connectivity index (χ1) is 6.13. The van der Waals surface area contributed by atoms with Crippen molar-refractivity contribution in [2.75, 3.05) is 20.4 Å². The van der Waals surface area contributed by atoms with Crippen molar-refractivity contribution >= 4 is 29.1 Å². The number of amides is 3. The second-order valence-electron chi connectivity index (χ2n) is 1.80. The molecule has 7 heteroatoms. The minimum atomic E-state index is -0.749. The smallest absolute Gasteiger partial charge is 0.435 e. The van der Waals surface area contributed by atoms with E-state index in [2.05, 4.69) is 20.4 Å². The molecule has 3 amide bonds. The highest BCUT2D eigenvalue weighted by Crippen LogP contribution is 1.95. The number of urea groups is 1. The third-order valence-electron chi connectivity index (χ3n) is 1.01. The van der Waals surface area contributed by atoms with Crippen LogP contribution < -0.4 is 10.6 Å². The fourth-order valence-electron chi connectivity index (χ4n) is 0.413. The summed E-state index contributed by atoms with van der Waals surface area (Å²) in [5, 5.41) is 4.85. The van der Waals surface area contributed by atoms with Crippen LogP contribution in [0.25, 0.3) is 0 Å². The van der Waals surface area contributed by atoms with Crippen LogP contribution in [-0.4, -0.2) is 37.7 Å². The summed E-state index contributed by atoms with van der Waals surface area (Å²) in [6.07, 6.45) is 0.929. The van der Waals surface area contributed by atoms with E-state index in [0.29, 0.717) is 0 Å². The molecule has 0 saturated carbocycles. The topological polar surface area (TPSA) is 79.8 Å². The lowest BCUT2D eigenvalue weighted by atomic mass is 10.9. The summed E-state index contributed by atoms with van der Waals surface area (Å²) >= 11 is 1.13. The number of nitrogens with zero attached hydrogens (tertiary/aromatic N) is 1. The Morgan fingerprint density at radius 1 is 1.46 bits per heavy atom. The molecule has 2 N–H and O–H groups in total. The van der Waals surface area contributed by atoms with Crippen molar-refractivity contribution < 1.29 is 14.3 Å². The summed E-state index contributed by atoms with van der Waals surface area (Å²) in [7, 11) is 2.68. The van der Waals surface area contributed by atoms with Crippen LogP contribution >= 0.6 is 11.8 Å². The van der Waals surface area contributed by atoms with E-state index < -0.39 is 12.1 Å². The Kier molecular flexibility index (Phi) is 5.69. The van der Waals surface area contributed by atoms with Crippen LogP contribution in [0.15, 0.2) is 4.99 Å². The quantitative estimate of drug-likeness (QED) is 0.443. The van der Waals surface area contributed by atoms with Crippen LogP contribution in [0.1, 0.15) is 0 Å². The molecule has 0 aliphatic carbocycles. The van der Waals surface area contributed by atoms with Gasteiger partial charge < -0.3 is 10.1 Å². The SMILES string of the molecule is CNC(=O)NC(=NC(=O)OC)SC. The Hall–Kier alpha value is -1.24. The van der Waals surface area contributed by atoms with Crippen LogP contribution in [0.4, 0.5) is 9.59 Å². The van der Waals surface area contributed by atoms with E-state index in [1.165, 1.54) is 14.2 Å². The van der Waals surface area contributed by atoms with Gasteiger partial charge in [0.25, 0.3) is 0 Å². The number of amidine groups is 1. The van der Waals surface area contributed by atoms with E-state index in [9.17, 15) is 9.59 Å². The minimum Gasteiger partial charge on any atom is -0.451 e. The molecule has 0 rings (SSSR count). The average Bonchev–Trinajstić information content (AvgIpc) is 2.16. The molecule has 0 fully saturated rings. The zero-order valence-corrected chi connectivity index (χ0v) is 8.40. The van der Waals surface area contributed by atoms with E-state index >= 15 is 0 Å². The monoisotopic (exact) mass is 205 g/mol. The van der Waals surface area contributed by atoms with Crippen LogP contribution in [0.2, 0.25) is 0 Å². The van der Waals surface area contributed by atoms with Gasteiger partial charge in [0.1, 0.15) is 0 Å². The number of hydrogen-bond donors (Lipinski definition) is 2. The Balaban J connectivity index is 4.25. The molecule has 0 atom stereocenters. The minimum absolute atomic E-state index is 0.186. The molecule has 0 spiro atoms. The maximum atomic E-state index is 10.8. The maximum Gasteiger partial charge on any atom is 0.435 e. The first-order valence-corrected chi connectivity index (χ1v) is 4.55. The first kappa shape index (κ1) is 11.8. The van der Waals surface area contributed by atoms with Gasteiger partial charge in [0.15, 0.2) is 5.17 Å². The number of carbonyl (C=O) groups excluding carboxylic acids is 2. The van der Waals surface area contributed by atoms with E-state index in [1.54, 1.807) is 6.26 Å². The molecule has 0 aromatic rings. The highest BCUT2D eigenvalue weighted by molar-refractivity contribution is 8.13. The van der Waals surface area contributed by atoms with Gasteiger partial charge in [-0.15, -0.1) is 0 Å². The molecule has 0 aliphatic rings. The Morgan fingerprint density at radius 2 is 2.08 bits per heavy atom. The summed E-state index contributed by atoms with van der Waals surface area (Å²) in [6.45, 7) is 0. The molecule has 0 unspecified atom stereocenters. The fraction of sp³-hybridized carbons (Fsp3) is 0.500.